The summed E-state index contributed by atoms with van der Waals surface area (Å²) in [7, 11) is 0. The first-order valence-corrected chi connectivity index (χ1v) is 8.86. The predicted molar refractivity (Wildman–Crippen MR) is 104 cm³/mol. The van der Waals surface area contributed by atoms with Crippen molar-refractivity contribution in [2.75, 3.05) is 6.54 Å². The van der Waals surface area contributed by atoms with Crippen LogP contribution in [0.3, 0.4) is 0 Å². The van der Waals surface area contributed by atoms with E-state index in [2.05, 4.69) is 10.3 Å². The van der Waals surface area contributed by atoms with Crippen LogP contribution in [-0.4, -0.2) is 28.5 Å². The maximum Gasteiger partial charge on any atom is 0.335 e. The van der Waals surface area contributed by atoms with E-state index in [0.717, 1.165) is 6.07 Å². The molecule has 0 fully saturated rings. The van der Waals surface area contributed by atoms with Crippen LogP contribution < -0.4 is 5.32 Å². The molecule has 2 N–H and O–H groups in total. The number of nitrogens with one attached hydrogen (secondary N) is 1. The molecule has 1 aromatic carbocycles. The summed E-state index contributed by atoms with van der Waals surface area (Å²) in [6, 6.07) is 5.53. The Morgan fingerprint density at radius 1 is 1.15 bits per heavy atom. The highest BCUT2D eigenvalue weighted by molar-refractivity contribution is 5.94. The molecule has 2 aromatic rings. The lowest BCUT2D eigenvalue weighted by atomic mass is 9.97. The number of pyridine rings is 1. The molecular formula is C21H27FN2O3. The summed E-state index contributed by atoms with van der Waals surface area (Å²) < 4.78 is 14.0. The molecule has 1 amide bonds. The van der Waals surface area contributed by atoms with Crippen molar-refractivity contribution < 1.29 is 19.1 Å². The number of aromatic nitrogens is 1. The first-order chi connectivity index (χ1) is 12.6. The van der Waals surface area contributed by atoms with Crippen molar-refractivity contribution in [2.45, 2.75) is 41.5 Å². The fourth-order valence-electron chi connectivity index (χ4n) is 2.20. The zero-order chi connectivity index (χ0) is 20.8. The number of benzene rings is 1. The molecule has 0 unspecified atom stereocenters. The zero-order valence-corrected chi connectivity index (χ0v) is 16.7. The molecule has 0 aliphatic heterocycles. The third-order valence-corrected chi connectivity index (χ3v) is 3.67. The Labute approximate surface area is 159 Å². The number of carboxylic acids is 1. The average molecular weight is 374 g/mol. The fraction of sp³-hybridized carbons (Fsp3) is 0.381. The SMILES string of the molecule is CC.Cc1c(F)cc(C(=O)O)cc1-c1ccc(C(=O)NCC(C)(C)C)cn1. The molecule has 0 spiro atoms. The molecule has 1 heterocycles. The zero-order valence-electron chi connectivity index (χ0n) is 16.7. The van der Waals surface area contributed by atoms with Gasteiger partial charge in [-0.15, -0.1) is 0 Å². The molecule has 6 heteroatoms. The van der Waals surface area contributed by atoms with Crippen molar-refractivity contribution in [3.05, 3.63) is 53.0 Å². The molecule has 0 atom stereocenters. The Bertz CT molecular complexity index is 809. The molecule has 0 saturated heterocycles. The minimum Gasteiger partial charge on any atom is -0.478 e. The molecule has 0 aliphatic rings. The van der Waals surface area contributed by atoms with Crippen molar-refractivity contribution in [1.29, 1.82) is 0 Å². The Hall–Kier alpha value is -2.76. The Morgan fingerprint density at radius 3 is 2.26 bits per heavy atom. The first kappa shape index (κ1) is 22.3. The number of halogens is 1. The highest BCUT2D eigenvalue weighted by atomic mass is 19.1. The predicted octanol–water partition coefficient (Wildman–Crippen LogP) is 4.70. The van der Waals surface area contributed by atoms with Crippen LogP contribution in [-0.2, 0) is 0 Å². The van der Waals surface area contributed by atoms with Crippen LogP contribution in [0.1, 0.15) is 60.9 Å². The lowest BCUT2D eigenvalue weighted by molar-refractivity contribution is 0.0696. The number of hydrogen-bond acceptors (Lipinski definition) is 3. The molecule has 0 aliphatic carbocycles. The van der Waals surface area contributed by atoms with Crippen molar-refractivity contribution >= 4 is 11.9 Å². The van der Waals surface area contributed by atoms with Gasteiger partial charge in [-0.1, -0.05) is 34.6 Å². The molecule has 0 bridgehead atoms. The normalized spacial score (nSPS) is 10.6. The third-order valence-electron chi connectivity index (χ3n) is 3.67. The van der Waals surface area contributed by atoms with E-state index in [-0.39, 0.29) is 16.9 Å². The largest absolute Gasteiger partial charge is 0.478 e. The summed E-state index contributed by atoms with van der Waals surface area (Å²) in [5.74, 6) is -2.06. The topological polar surface area (TPSA) is 79.3 Å². The highest BCUT2D eigenvalue weighted by Gasteiger charge is 2.16. The fourth-order valence-corrected chi connectivity index (χ4v) is 2.20. The maximum absolute atomic E-state index is 14.0. The van der Waals surface area contributed by atoms with Gasteiger partial charge in [-0.05, 0) is 42.2 Å². The molecular weight excluding hydrogens is 347 g/mol. The van der Waals surface area contributed by atoms with E-state index in [0.29, 0.717) is 28.9 Å². The van der Waals surface area contributed by atoms with E-state index in [1.54, 1.807) is 19.1 Å². The van der Waals surface area contributed by atoms with Gasteiger partial charge in [0.05, 0.1) is 16.8 Å². The van der Waals surface area contributed by atoms with Gasteiger partial charge in [-0.3, -0.25) is 9.78 Å². The van der Waals surface area contributed by atoms with E-state index in [4.69, 9.17) is 5.11 Å². The summed E-state index contributed by atoms with van der Waals surface area (Å²) in [5.41, 5.74) is 1.32. The second-order valence-electron chi connectivity index (χ2n) is 7.11. The lowest BCUT2D eigenvalue weighted by Gasteiger charge is -2.18. The van der Waals surface area contributed by atoms with Crippen LogP contribution in [0, 0.1) is 18.2 Å². The standard InChI is InChI=1S/C19H21FN2O3.C2H6/c1-11-14(7-13(18(24)25)8-15(11)20)16-6-5-12(9-21-16)17(23)22-10-19(2,3)4;1-2/h5-9H,10H2,1-4H3,(H,22,23)(H,24,25);1-2H3. The van der Waals surface area contributed by atoms with Gasteiger partial charge >= 0.3 is 5.97 Å². The number of amides is 1. The molecule has 1 aromatic heterocycles. The van der Waals surface area contributed by atoms with Gasteiger partial charge in [0.1, 0.15) is 5.82 Å². The van der Waals surface area contributed by atoms with Crippen LogP contribution in [0.4, 0.5) is 4.39 Å². The van der Waals surface area contributed by atoms with Gasteiger partial charge in [-0.2, -0.15) is 0 Å². The van der Waals surface area contributed by atoms with E-state index >= 15 is 0 Å². The summed E-state index contributed by atoms with van der Waals surface area (Å²) in [6.45, 7) is 12.1. The van der Waals surface area contributed by atoms with Gasteiger partial charge in [0.25, 0.3) is 5.91 Å². The number of nitrogens with zero attached hydrogens (tertiary/aromatic N) is 1. The quantitative estimate of drug-likeness (QED) is 0.813. The average Bonchev–Trinajstić information content (AvgIpc) is 2.63. The van der Waals surface area contributed by atoms with Gasteiger partial charge in [0, 0.05) is 18.3 Å². The van der Waals surface area contributed by atoms with Crippen LogP contribution in [0.2, 0.25) is 0 Å². The van der Waals surface area contributed by atoms with E-state index in [1.165, 1.54) is 12.3 Å². The molecule has 146 valence electrons. The number of carboxylic acid groups (broad SMARTS) is 1. The highest BCUT2D eigenvalue weighted by Crippen LogP contribution is 2.25. The minimum absolute atomic E-state index is 0.0328. The number of carbonyl (C=O) groups is 2. The number of rotatable bonds is 4. The van der Waals surface area contributed by atoms with Gasteiger partial charge in [-0.25, -0.2) is 9.18 Å². The summed E-state index contributed by atoms with van der Waals surface area (Å²) in [4.78, 5) is 27.4. The maximum atomic E-state index is 14.0. The number of aromatic carboxylic acids is 1. The van der Waals surface area contributed by atoms with E-state index < -0.39 is 11.8 Å². The third kappa shape index (κ3) is 6.16. The van der Waals surface area contributed by atoms with Crippen molar-refractivity contribution in [2.24, 2.45) is 5.41 Å². The van der Waals surface area contributed by atoms with Crippen molar-refractivity contribution in [1.82, 2.24) is 10.3 Å². The molecule has 2 rings (SSSR count). The minimum atomic E-state index is -1.21. The van der Waals surface area contributed by atoms with Gasteiger partial charge in [0.2, 0.25) is 0 Å². The first-order valence-electron chi connectivity index (χ1n) is 8.86. The van der Waals surface area contributed by atoms with Gasteiger partial charge < -0.3 is 10.4 Å². The summed E-state index contributed by atoms with van der Waals surface area (Å²) in [6.07, 6.45) is 1.40. The van der Waals surface area contributed by atoms with E-state index in [1.807, 2.05) is 34.6 Å². The van der Waals surface area contributed by atoms with Crippen molar-refractivity contribution in [3.8, 4) is 11.3 Å². The van der Waals surface area contributed by atoms with E-state index in [9.17, 15) is 14.0 Å². The Morgan fingerprint density at radius 2 is 1.78 bits per heavy atom. The van der Waals surface area contributed by atoms with Crippen LogP contribution in [0.15, 0.2) is 30.5 Å². The molecule has 0 saturated carbocycles. The summed E-state index contributed by atoms with van der Waals surface area (Å²) >= 11 is 0. The van der Waals surface area contributed by atoms with Crippen LogP contribution >= 0.6 is 0 Å². The smallest absolute Gasteiger partial charge is 0.335 e. The van der Waals surface area contributed by atoms with Crippen LogP contribution in [0.25, 0.3) is 11.3 Å². The van der Waals surface area contributed by atoms with Crippen molar-refractivity contribution in [3.63, 3.8) is 0 Å². The Balaban J connectivity index is 0.00000176. The Kier molecular flexibility index (Phi) is 7.64. The van der Waals surface area contributed by atoms with Gasteiger partial charge in [0.15, 0.2) is 0 Å². The second-order valence-corrected chi connectivity index (χ2v) is 7.11. The second kappa shape index (κ2) is 9.26. The number of hydrogen-bond donors (Lipinski definition) is 2. The molecule has 5 nitrogen and oxygen atoms in total. The summed E-state index contributed by atoms with van der Waals surface area (Å²) in [5, 5.41) is 11.9. The lowest BCUT2D eigenvalue weighted by Crippen LogP contribution is -2.32. The monoisotopic (exact) mass is 374 g/mol. The molecule has 0 radical (unpaired) electrons. The number of carbonyl (C=O) groups excluding carboxylic acids is 1. The van der Waals surface area contributed by atoms with Crippen LogP contribution in [0.5, 0.6) is 0 Å². The molecule has 27 heavy (non-hydrogen) atoms.